The summed E-state index contributed by atoms with van der Waals surface area (Å²) in [6, 6.07) is 14.7. The molecule has 0 aliphatic carbocycles. The van der Waals surface area contributed by atoms with E-state index in [1.807, 2.05) is 6.07 Å². The number of carbonyl (C=O) groups is 1. The highest BCUT2D eigenvalue weighted by atomic mass is 32.1. The zero-order valence-electron chi connectivity index (χ0n) is 14.5. The maximum absolute atomic E-state index is 12.5. The molecule has 0 bridgehead atoms. The molecule has 0 radical (unpaired) electrons. The molecule has 1 heterocycles. The third-order valence-corrected chi connectivity index (χ3v) is 5.86. The van der Waals surface area contributed by atoms with Gasteiger partial charge in [-0.05, 0) is 30.7 Å². The fraction of sp³-hybridized carbons (Fsp3) is 0.409. The van der Waals surface area contributed by atoms with Crippen LogP contribution in [0.4, 0.5) is 0 Å². The number of ketones is 1. The predicted octanol–water partition coefficient (Wildman–Crippen LogP) is 7.38. The van der Waals surface area contributed by atoms with E-state index in [9.17, 15) is 4.79 Å². The van der Waals surface area contributed by atoms with E-state index in [1.165, 1.54) is 58.7 Å². The number of Topliss-reactive ketones (excluding diaryl/α,β-unsaturated/α-hetero) is 1. The molecular formula is C22H26OS. The molecule has 126 valence electrons. The summed E-state index contributed by atoms with van der Waals surface area (Å²) in [6.07, 6.45) is 9.43. The Labute approximate surface area is 148 Å². The first-order valence-electron chi connectivity index (χ1n) is 9.24. The van der Waals surface area contributed by atoms with Crippen LogP contribution in [0, 0.1) is 0 Å². The van der Waals surface area contributed by atoms with Gasteiger partial charge in [0.1, 0.15) is 0 Å². The average molecular weight is 339 g/mol. The summed E-state index contributed by atoms with van der Waals surface area (Å²) in [5, 5.41) is 2.49. The highest BCUT2D eigenvalue weighted by Crippen LogP contribution is 2.34. The minimum Gasteiger partial charge on any atom is -0.294 e. The van der Waals surface area contributed by atoms with Crippen molar-refractivity contribution >= 4 is 37.3 Å². The van der Waals surface area contributed by atoms with Gasteiger partial charge in [0, 0.05) is 32.2 Å². The van der Waals surface area contributed by atoms with Crippen LogP contribution in [0.3, 0.4) is 0 Å². The second-order valence-electron chi connectivity index (χ2n) is 6.60. The van der Waals surface area contributed by atoms with Crippen LogP contribution in [0.1, 0.15) is 68.6 Å². The van der Waals surface area contributed by atoms with Gasteiger partial charge in [-0.2, -0.15) is 0 Å². The fourth-order valence-electron chi connectivity index (χ4n) is 3.29. The van der Waals surface area contributed by atoms with E-state index < -0.39 is 0 Å². The van der Waals surface area contributed by atoms with Gasteiger partial charge in [-0.25, -0.2) is 0 Å². The largest absolute Gasteiger partial charge is 0.294 e. The van der Waals surface area contributed by atoms with Crippen LogP contribution in [0.15, 0.2) is 42.5 Å². The summed E-state index contributed by atoms with van der Waals surface area (Å²) in [7, 11) is 0. The van der Waals surface area contributed by atoms with Crippen LogP contribution in [0.2, 0.25) is 0 Å². The Morgan fingerprint density at radius 3 is 2.38 bits per heavy atom. The van der Waals surface area contributed by atoms with Crippen molar-refractivity contribution in [3.05, 3.63) is 48.0 Å². The molecule has 24 heavy (non-hydrogen) atoms. The lowest BCUT2D eigenvalue weighted by atomic mass is 10.0. The zero-order chi connectivity index (χ0) is 16.8. The summed E-state index contributed by atoms with van der Waals surface area (Å²) in [4.78, 5) is 12.5. The number of unbranched alkanes of at least 4 members (excludes halogenated alkanes) is 6. The molecule has 0 aliphatic rings. The van der Waals surface area contributed by atoms with E-state index >= 15 is 0 Å². The minimum absolute atomic E-state index is 0.292. The molecule has 1 nitrogen and oxygen atoms in total. The maximum Gasteiger partial charge on any atom is 0.162 e. The van der Waals surface area contributed by atoms with E-state index in [0.29, 0.717) is 12.2 Å². The fourth-order valence-corrected chi connectivity index (χ4v) is 4.37. The van der Waals surface area contributed by atoms with Gasteiger partial charge in [-0.1, -0.05) is 63.6 Å². The highest BCUT2D eigenvalue weighted by Gasteiger charge is 2.10. The number of hydrogen-bond acceptors (Lipinski definition) is 2. The first kappa shape index (κ1) is 17.2. The third-order valence-electron chi connectivity index (χ3n) is 4.71. The number of thiophene rings is 1. The summed E-state index contributed by atoms with van der Waals surface area (Å²) in [6.45, 7) is 2.24. The van der Waals surface area contributed by atoms with E-state index in [1.54, 1.807) is 11.3 Å². The molecule has 0 N–H and O–H groups in total. The molecule has 1 aromatic heterocycles. The van der Waals surface area contributed by atoms with Crippen LogP contribution < -0.4 is 0 Å². The molecular weight excluding hydrogens is 312 g/mol. The number of carbonyl (C=O) groups excluding carboxylic acids is 1. The van der Waals surface area contributed by atoms with E-state index in [-0.39, 0.29) is 0 Å². The topological polar surface area (TPSA) is 17.1 Å². The van der Waals surface area contributed by atoms with Gasteiger partial charge in [0.05, 0.1) is 0 Å². The smallest absolute Gasteiger partial charge is 0.162 e. The second kappa shape index (κ2) is 8.43. The van der Waals surface area contributed by atoms with Gasteiger partial charge in [0.25, 0.3) is 0 Å². The van der Waals surface area contributed by atoms with Crippen molar-refractivity contribution in [3.63, 3.8) is 0 Å². The Kier molecular flexibility index (Phi) is 6.03. The van der Waals surface area contributed by atoms with Gasteiger partial charge in [-0.3, -0.25) is 4.79 Å². The van der Waals surface area contributed by atoms with Crippen molar-refractivity contribution in [1.82, 2.24) is 0 Å². The Balaban J connectivity index is 1.60. The van der Waals surface area contributed by atoms with Crippen molar-refractivity contribution < 1.29 is 4.79 Å². The number of fused-ring (bicyclic) bond motifs is 3. The Hall–Kier alpha value is -1.67. The van der Waals surface area contributed by atoms with Crippen LogP contribution in [-0.4, -0.2) is 5.78 Å². The van der Waals surface area contributed by atoms with Gasteiger partial charge in [0.2, 0.25) is 0 Å². The lowest BCUT2D eigenvalue weighted by Gasteiger charge is -2.03. The van der Waals surface area contributed by atoms with Crippen LogP contribution in [-0.2, 0) is 0 Å². The Morgan fingerprint density at radius 2 is 1.54 bits per heavy atom. The average Bonchev–Trinajstić information content (AvgIpc) is 2.98. The minimum atomic E-state index is 0.292. The second-order valence-corrected chi connectivity index (χ2v) is 7.69. The normalized spacial score (nSPS) is 11.4. The summed E-state index contributed by atoms with van der Waals surface area (Å²) in [5.74, 6) is 0.292. The number of hydrogen-bond donors (Lipinski definition) is 0. The Morgan fingerprint density at radius 1 is 0.833 bits per heavy atom. The highest BCUT2D eigenvalue weighted by molar-refractivity contribution is 7.25. The van der Waals surface area contributed by atoms with Crippen LogP contribution >= 0.6 is 11.3 Å². The molecule has 3 aromatic rings. The van der Waals surface area contributed by atoms with Crippen molar-refractivity contribution in [1.29, 1.82) is 0 Å². The van der Waals surface area contributed by atoms with Crippen LogP contribution in [0.25, 0.3) is 20.2 Å². The van der Waals surface area contributed by atoms with E-state index in [2.05, 4.69) is 43.3 Å². The van der Waals surface area contributed by atoms with Crippen molar-refractivity contribution in [3.8, 4) is 0 Å². The molecule has 0 amide bonds. The van der Waals surface area contributed by atoms with E-state index in [4.69, 9.17) is 0 Å². The molecule has 0 aliphatic heterocycles. The molecule has 0 saturated heterocycles. The van der Waals surface area contributed by atoms with Crippen molar-refractivity contribution in [2.24, 2.45) is 0 Å². The summed E-state index contributed by atoms with van der Waals surface area (Å²) >= 11 is 1.80. The quantitative estimate of drug-likeness (QED) is 0.294. The SMILES string of the molecule is CCCCCCCCCC(=O)c1ccc2sc3ccccc3c2c1. The molecule has 0 saturated carbocycles. The first-order chi connectivity index (χ1) is 11.8. The lowest BCUT2D eigenvalue weighted by Crippen LogP contribution is -1.98. The van der Waals surface area contributed by atoms with Crippen molar-refractivity contribution in [2.45, 2.75) is 58.3 Å². The number of benzene rings is 2. The molecule has 2 aromatic carbocycles. The van der Waals surface area contributed by atoms with Gasteiger partial charge >= 0.3 is 0 Å². The summed E-state index contributed by atoms with van der Waals surface area (Å²) < 4.78 is 2.56. The third kappa shape index (κ3) is 4.05. The maximum atomic E-state index is 12.5. The van der Waals surface area contributed by atoms with Gasteiger partial charge < -0.3 is 0 Å². The number of rotatable bonds is 9. The van der Waals surface area contributed by atoms with Crippen LogP contribution in [0.5, 0.6) is 0 Å². The molecule has 0 fully saturated rings. The van der Waals surface area contributed by atoms with Gasteiger partial charge in [-0.15, -0.1) is 11.3 Å². The lowest BCUT2D eigenvalue weighted by molar-refractivity contribution is 0.0979. The molecule has 0 unspecified atom stereocenters. The molecule has 0 atom stereocenters. The van der Waals surface area contributed by atoms with E-state index in [0.717, 1.165) is 12.0 Å². The summed E-state index contributed by atoms with van der Waals surface area (Å²) in [5.41, 5.74) is 0.872. The first-order valence-corrected chi connectivity index (χ1v) is 10.1. The standard InChI is InChI=1S/C22H26OS/c1-2-3-4-5-6-7-8-12-20(23)17-14-15-22-19(16-17)18-11-9-10-13-21(18)24-22/h9-11,13-16H,2-8,12H2,1H3. The predicted molar refractivity (Wildman–Crippen MR) is 106 cm³/mol. The monoisotopic (exact) mass is 338 g/mol. The molecule has 2 heteroatoms. The zero-order valence-corrected chi connectivity index (χ0v) is 15.3. The molecule has 0 spiro atoms. The molecule has 3 rings (SSSR count). The van der Waals surface area contributed by atoms with Gasteiger partial charge in [0.15, 0.2) is 5.78 Å². The van der Waals surface area contributed by atoms with Crippen molar-refractivity contribution in [2.75, 3.05) is 0 Å². The Bertz CT molecular complexity index is 815.